The van der Waals surface area contributed by atoms with Crippen LogP contribution in [0.3, 0.4) is 0 Å². The van der Waals surface area contributed by atoms with Crippen LogP contribution < -0.4 is 16.2 Å². The zero-order valence-electron chi connectivity index (χ0n) is 18.6. The number of nitrogens with zero attached hydrogens (tertiary/aromatic N) is 2. The molecule has 33 heavy (non-hydrogen) atoms. The first kappa shape index (κ1) is 21.8. The van der Waals surface area contributed by atoms with Gasteiger partial charge in [-0.15, -0.1) is 11.3 Å². The maximum absolute atomic E-state index is 13.2. The van der Waals surface area contributed by atoms with Crippen LogP contribution in [0, 0.1) is 0 Å². The highest BCUT2D eigenvalue weighted by atomic mass is 32.1. The van der Waals surface area contributed by atoms with Crippen molar-refractivity contribution in [3.05, 3.63) is 57.0 Å². The second-order valence-electron chi connectivity index (χ2n) is 8.97. The molecule has 0 spiro atoms. The maximum Gasteiger partial charge on any atom is 0.262 e. The Bertz CT molecular complexity index is 1260. The molecule has 1 fully saturated rings. The molecule has 0 bridgehead atoms. The van der Waals surface area contributed by atoms with Crippen LogP contribution in [0.2, 0.25) is 0 Å². The minimum Gasteiger partial charge on any atom is -0.349 e. The highest BCUT2D eigenvalue weighted by molar-refractivity contribution is 7.18. The van der Waals surface area contributed by atoms with Crippen LogP contribution in [0.25, 0.3) is 10.2 Å². The van der Waals surface area contributed by atoms with Gasteiger partial charge in [-0.3, -0.25) is 19.0 Å². The Hall–Kier alpha value is -3.00. The zero-order valence-corrected chi connectivity index (χ0v) is 19.4. The Morgan fingerprint density at radius 1 is 1.06 bits per heavy atom. The molecule has 0 unspecified atom stereocenters. The quantitative estimate of drug-likeness (QED) is 0.558. The van der Waals surface area contributed by atoms with Crippen molar-refractivity contribution in [2.45, 2.75) is 70.4 Å². The number of para-hydroxylation sites is 1. The van der Waals surface area contributed by atoms with Crippen molar-refractivity contribution < 1.29 is 9.59 Å². The Morgan fingerprint density at radius 3 is 2.70 bits per heavy atom. The molecule has 172 valence electrons. The van der Waals surface area contributed by atoms with Crippen LogP contribution in [-0.2, 0) is 24.2 Å². The number of amides is 2. The molecule has 8 heteroatoms. The van der Waals surface area contributed by atoms with Crippen molar-refractivity contribution in [3.63, 3.8) is 0 Å². The zero-order chi connectivity index (χ0) is 22.8. The number of aromatic nitrogens is 2. The lowest BCUT2D eigenvalue weighted by Gasteiger charge is -2.15. The summed E-state index contributed by atoms with van der Waals surface area (Å²) in [5, 5.41) is 6.56. The summed E-state index contributed by atoms with van der Waals surface area (Å²) < 4.78 is 1.37. The first-order valence-electron chi connectivity index (χ1n) is 11.8. The largest absolute Gasteiger partial charge is 0.349 e. The Kier molecular flexibility index (Phi) is 6.26. The standard InChI is InChI=1S/C25H28N4O3S/c30-21(28-19-12-7-6-10-17(19)23(31)27-16-8-4-5-9-16)14-29-15-26-24-22(25(29)32)18-11-2-1-3-13-20(18)33-24/h6-7,10,12,15-16H,1-5,8-9,11,13-14H2,(H,27,31)(H,28,30). The molecule has 0 radical (unpaired) electrons. The fourth-order valence-corrected chi connectivity index (χ4v) is 6.16. The third-order valence-corrected chi connectivity index (χ3v) is 7.84. The Labute approximate surface area is 196 Å². The van der Waals surface area contributed by atoms with Gasteiger partial charge in [0, 0.05) is 10.9 Å². The summed E-state index contributed by atoms with van der Waals surface area (Å²) in [6, 6.07) is 7.18. The minimum absolute atomic E-state index is 0.148. The predicted octanol–water partition coefficient (Wildman–Crippen LogP) is 4.04. The molecule has 2 aliphatic rings. The monoisotopic (exact) mass is 464 g/mol. The first-order chi connectivity index (χ1) is 16.1. The summed E-state index contributed by atoms with van der Waals surface area (Å²) in [5.41, 5.74) is 1.84. The lowest BCUT2D eigenvalue weighted by molar-refractivity contribution is -0.116. The number of nitrogens with one attached hydrogen (secondary N) is 2. The highest BCUT2D eigenvalue weighted by Crippen LogP contribution is 2.32. The van der Waals surface area contributed by atoms with Gasteiger partial charge in [0.25, 0.3) is 11.5 Å². The number of carbonyl (C=O) groups excluding carboxylic acids is 2. The molecule has 3 aromatic rings. The predicted molar refractivity (Wildman–Crippen MR) is 130 cm³/mol. The van der Waals surface area contributed by atoms with Crippen LogP contribution in [0.5, 0.6) is 0 Å². The number of aryl methyl sites for hydroxylation is 2. The van der Waals surface area contributed by atoms with Gasteiger partial charge in [0.1, 0.15) is 11.4 Å². The van der Waals surface area contributed by atoms with Crippen LogP contribution in [-0.4, -0.2) is 27.4 Å². The van der Waals surface area contributed by atoms with Crippen molar-refractivity contribution >= 4 is 39.1 Å². The van der Waals surface area contributed by atoms with Gasteiger partial charge < -0.3 is 10.6 Å². The van der Waals surface area contributed by atoms with Gasteiger partial charge in [-0.05, 0) is 56.2 Å². The molecule has 2 heterocycles. The molecule has 2 N–H and O–H groups in total. The number of fused-ring (bicyclic) bond motifs is 3. The minimum atomic E-state index is -0.360. The third kappa shape index (κ3) is 4.57. The summed E-state index contributed by atoms with van der Waals surface area (Å²) in [5.74, 6) is -0.542. The van der Waals surface area contributed by atoms with Crippen LogP contribution in [0.15, 0.2) is 35.4 Å². The number of hydrogen-bond donors (Lipinski definition) is 2. The molecular formula is C25H28N4O3S. The molecule has 2 amide bonds. The van der Waals surface area contributed by atoms with Gasteiger partial charge in [-0.2, -0.15) is 0 Å². The number of carbonyl (C=O) groups is 2. The van der Waals surface area contributed by atoms with E-state index in [1.807, 2.05) is 0 Å². The van der Waals surface area contributed by atoms with Gasteiger partial charge in [0.2, 0.25) is 5.91 Å². The first-order valence-corrected chi connectivity index (χ1v) is 12.6. The number of rotatable bonds is 5. The van der Waals surface area contributed by atoms with E-state index in [1.165, 1.54) is 22.2 Å². The van der Waals surface area contributed by atoms with E-state index < -0.39 is 0 Å². The van der Waals surface area contributed by atoms with Crippen LogP contribution in [0.1, 0.15) is 65.7 Å². The van der Waals surface area contributed by atoms with Gasteiger partial charge in [0.05, 0.1) is 23.0 Å². The normalized spacial score (nSPS) is 16.4. The second kappa shape index (κ2) is 9.47. The maximum atomic E-state index is 13.2. The summed E-state index contributed by atoms with van der Waals surface area (Å²) >= 11 is 1.61. The molecule has 1 saturated carbocycles. The lowest BCUT2D eigenvalue weighted by atomic mass is 10.1. The number of benzene rings is 1. The molecule has 0 saturated heterocycles. The Morgan fingerprint density at radius 2 is 1.85 bits per heavy atom. The number of anilines is 1. The van der Waals surface area contributed by atoms with Crippen molar-refractivity contribution in [3.8, 4) is 0 Å². The Balaban J connectivity index is 1.35. The average molecular weight is 465 g/mol. The summed E-state index contributed by atoms with van der Waals surface area (Å²) in [6.07, 6.45) is 11.0. The van der Waals surface area contributed by atoms with Crippen molar-refractivity contribution in [1.29, 1.82) is 0 Å². The van der Waals surface area contributed by atoms with Crippen molar-refractivity contribution in [2.24, 2.45) is 0 Å². The third-order valence-electron chi connectivity index (χ3n) is 6.64. The molecule has 1 aromatic carbocycles. The van der Waals surface area contributed by atoms with E-state index in [4.69, 9.17) is 0 Å². The van der Waals surface area contributed by atoms with Gasteiger partial charge in [-0.25, -0.2) is 4.98 Å². The SMILES string of the molecule is O=C(Cn1cnc2sc3c(c2c1=O)CCCCC3)Nc1ccccc1C(=O)NC1CCCC1. The summed E-state index contributed by atoms with van der Waals surface area (Å²) in [6.45, 7) is -0.148. The van der Waals surface area contributed by atoms with E-state index >= 15 is 0 Å². The molecule has 0 aliphatic heterocycles. The van der Waals surface area contributed by atoms with Gasteiger partial charge in [0.15, 0.2) is 0 Å². The van der Waals surface area contributed by atoms with Crippen molar-refractivity contribution in [2.75, 3.05) is 5.32 Å². The van der Waals surface area contributed by atoms with E-state index in [9.17, 15) is 14.4 Å². The number of thiophene rings is 1. The smallest absolute Gasteiger partial charge is 0.262 e. The van der Waals surface area contributed by atoms with E-state index in [0.717, 1.165) is 61.8 Å². The fourth-order valence-electron chi connectivity index (χ4n) is 4.94. The van der Waals surface area contributed by atoms with Crippen LogP contribution >= 0.6 is 11.3 Å². The summed E-state index contributed by atoms with van der Waals surface area (Å²) in [4.78, 5) is 45.3. The molecular weight excluding hydrogens is 436 g/mol. The molecule has 7 nitrogen and oxygen atoms in total. The van der Waals surface area contributed by atoms with Gasteiger partial charge >= 0.3 is 0 Å². The molecule has 0 atom stereocenters. The van der Waals surface area contributed by atoms with E-state index in [2.05, 4.69) is 15.6 Å². The second-order valence-corrected chi connectivity index (χ2v) is 10.1. The van der Waals surface area contributed by atoms with Crippen LogP contribution in [0.4, 0.5) is 5.69 Å². The number of hydrogen-bond acceptors (Lipinski definition) is 5. The highest BCUT2D eigenvalue weighted by Gasteiger charge is 2.22. The average Bonchev–Trinajstić information content (AvgIpc) is 3.38. The topological polar surface area (TPSA) is 93.1 Å². The van der Waals surface area contributed by atoms with E-state index in [0.29, 0.717) is 16.6 Å². The fraction of sp³-hybridized carbons (Fsp3) is 0.440. The summed E-state index contributed by atoms with van der Waals surface area (Å²) in [7, 11) is 0. The van der Waals surface area contributed by atoms with E-state index in [1.54, 1.807) is 35.6 Å². The lowest BCUT2D eigenvalue weighted by Crippen LogP contribution is -2.33. The van der Waals surface area contributed by atoms with E-state index in [-0.39, 0.29) is 30.0 Å². The molecule has 2 aliphatic carbocycles. The van der Waals surface area contributed by atoms with Gasteiger partial charge in [-0.1, -0.05) is 31.4 Å². The van der Waals surface area contributed by atoms with Crippen molar-refractivity contribution in [1.82, 2.24) is 14.9 Å². The molecule has 5 rings (SSSR count). The molecule has 2 aromatic heterocycles.